The summed E-state index contributed by atoms with van der Waals surface area (Å²) in [4.78, 5) is 4.27. The molecule has 1 aromatic carbocycles. The predicted octanol–water partition coefficient (Wildman–Crippen LogP) is 2.81. The molecule has 0 amide bonds. The first-order valence-electron chi connectivity index (χ1n) is 6.15. The van der Waals surface area contributed by atoms with E-state index < -0.39 is 0 Å². The van der Waals surface area contributed by atoms with Crippen molar-refractivity contribution in [1.82, 2.24) is 10.3 Å². The number of methoxy groups -OCH3 is 2. The molecular weight excluding hydrogens is 276 g/mol. The molecule has 1 heterocycles. The quantitative estimate of drug-likeness (QED) is 0.890. The number of hydrogen-bond acceptors (Lipinski definition) is 4. The van der Waals surface area contributed by atoms with E-state index in [1.807, 2.05) is 36.4 Å². The minimum Gasteiger partial charge on any atom is -0.497 e. The Bertz CT molecular complexity index is 521. The summed E-state index contributed by atoms with van der Waals surface area (Å²) in [5.41, 5.74) is 2.12. The molecule has 0 aliphatic carbocycles. The minimum atomic E-state index is 0. The van der Waals surface area contributed by atoms with Gasteiger partial charge in [-0.25, -0.2) is 0 Å². The zero-order valence-corrected chi connectivity index (χ0v) is 12.4. The van der Waals surface area contributed by atoms with Gasteiger partial charge in [-0.05, 0) is 18.2 Å². The molecule has 0 atom stereocenters. The summed E-state index contributed by atoms with van der Waals surface area (Å²) in [6.07, 6.45) is 1.80. The van der Waals surface area contributed by atoms with Crippen LogP contribution < -0.4 is 14.8 Å². The van der Waals surface area contributed by atoms with Crippen LogP contribution >= 0.6 is 12.4 Å². The van der Waals surface area contributed by atoms with E-state index >= 15 is 0 Å². The van der Waals surface area contributed by atoms with Crippen molar-refractivity contribution < 1.29 is 9.47 Å². The highest BCUT2D eigenvalue weighted by Gasteiger charge is 2.04. The summed E-state index contributed by atoms with van der Waals surface area (Å²) >= 11 is 0. The summed E-state index contributed by atoms with van der Waals surface area (Å²) in [6.45, 7) is 1.46. The van der Waals surface area contributed by atoms with Crippen LogP contribution in [0.3, 0.4) is 0 Å². The summed E-state index contributed by atoms with van der Waals surface area (Å²) in [7, 11) is 3.31. The number of nitrogens with one attached hydrogen (secondary N) is 1. The lowest BCUT2D eigenvalue weighted by Gasteiger charge is -2.11. The molecule has 0 aliphatic heterocycles. The Kier molecular flexibility index (Phi) is 6.84. The van der Waals surface area contributed by atoms with E-state index in [9.17, 15) is 0 Å². The molecule has 1 N–H and O–H groups in total. The van der Waals surface area contributed by atoms with Crippen molar-refractivity contribution in [3.05, 3.63) is 53.9 Å². The summed E-state index contributed by atoms with van der Waals surface area (Å²) < 4.78 is 10.5. The Hall–Kier alpha value is -1.78. The van der Waals surface area contributed by atoms with Crippen LogP contribution in [-0.4, -0.2) is 19.2 Å². The first-order valence-corrected chi connectivity index (χ1v) is 6.15. The van der Waals surface area contributed by atoms with E-state index in [1.165, 1.54) is 0 Å². The maximum atomic E-state index is 5.35. The molecule has 1 aromatic heterocycles. The molecule has 20 heavy (non-hydrogen) atoms. The molecule has 108 valence electrons. The number of hydrogen-bond donors (Lipinski definition) is 1. The second-order valence-electron chi connectivity index (χ2n) is 4.10. The molecular formula is C15H19ClN2O2. The zero-order chi connectivity index (χ0) is 13.5. The number of pyridine rings is 1. The summed E-state index contributed by atoms with van der Waals surface area (Å²) in [5.74, 6) is 1.62. The van der Waals surface area contributed by atoms with E-state index in [4.69, 9.17) is 9.47 Å². The van der Waals surface area contributed by atoms with Gasteiger partial charge in [-0.1, -0.05) is 12.1 Å². The van der Waals surface area contributed by atoms with Gasteiger partial charge >= 0.3 is 0 Å². The molecule has 2 rings (SSSR count). The lowest BCUT2D eigenvalue weighted by Crippen LogP contribution is -2.14. The predicted molar refractivity (Wildman–Crippen MR) is 81.6 cm³/mol. The summed E-state index contributed by atoms with van der Waals surface area (Å²) in [6, 6.07) is 11.7. The molecule has 2 aromatic rings. The normalized spacial score (nSPS) is 9.70. The fourth-order valence-corrected chi connectivity index (χ4v) is 1.83. The average molecular weight is 295 g/mol. The molecule has 0 spiro atoms. The van der Waals surface area contributed by atoms with Crippen molar-refractivity contribution >= 4 is 12.4 Å². The van der Waals surface area contributed by atoms with Crippen LogP contribution in [0.1, 0.15) is 11.3 Å². The Morgan fingerprint density at radius 3 is 2.55 bits per heavy atom. The van der Waals surface area contributed by atoms with Crippen LogP contribution in [0.2, 0.25) is 0 Å². The third kappa shape index (κ3) is 4.40. The molecule has 0 aliphatic rings. The second-order valence-corrected chi connectivity index (χ2v) is 4.10. The van der Waals surface area contributed by atoms with E-state index in [2.05, 4.69) is 10.3 Å². The lowest BCUT2D eigenvalue weighted by atomic mass is 10.2. The number of rotatable bonds is 6. The average Bonchev–Trinajstić information content (AvgIpc) is 2.48. The van der Waals surface area contributed by atoms with Crippen LogP contribution in [0.4, 0.5) is 0 Å². The van der Waals surface area contributed by atoms with Crippen molar-refractivity contribution in [1.29, 1.82) is 0 Å². The van der Waals surface area contributed by atoms with E-state index in [0.717, 1.165) is 35.8 Å². The first-order chi connectivity index (χ1) is 9.33. The van der Waals surface area contributed by atoms with Gasteiger partial charge in [-0.15, -0.1) is 12.4 Å². The molecule has 0 saturated heterocycles. The van der Waals surface area contributed by atoms with Gasteiger partial charge in [0.1, 0.15) is 11.5 Å². The van der Waals surface area contributed by atoms with Gasteiger partial charge < -0.3 is 14.8 Å². The zero-order valence-electron chi connectivity index (χ0n) is 11.6. The molecule has 0 unspecified atom stereocenters. The monoisotopic (exact) mass is 294 g/mol. The van der Waals surface area contributed by atoms with Crippen LogP contribution in [0.5, 0.6) is 11.5 Å². The molecule has 4 nitrogen and oxygen atoms in total. The van der Waals surface area contributed by atoms with Crippen molar-refractivity contribution in [2.45, 2.75) is 13.1 Å². The van der Waals surface area contributed by atoms with Crippen molar-refractivity contribution in [3.8, 4) is 11.5 Å². The Balaban J connectivity index is 0.00000200. The number of nitrogens with zero attached hydrogens (tertiary/aromatic N) is 1. The molecule has 5 heteroatoms. The van der Waals surface area contributed by atoms with Crippen LogP contribution in [0, 0.1) is 0 Å². The van der Waals surface area contributed by atoms with E-state index in [0.29, 0.717) is 0 Å². The van der Waals surface area contributed by atoms with Gasteiger partial charge in [0, 0.05) is 30.9 Å². The Labute approximate surface area is 125 Å². The van der Waals surface area contributed by atoms with Gasteiger partial charge in [0.15, 0.2) is 0 Å². The number of benzene rings is 1. The lowest BCUT2D eigenvalue weighted by molar-refractivity contribution is 0.389. The number of halogens is 1. The van der Waals surface area contributed by atoms with Gasteiger partial charge in [-0.2, -0.15) is 0 Å². The van der Waals surface area contributed by atoms with Gasteiger partial charge in [0.25, 0.3) is 0 Å². The smallest absolute Gasteiger partial charge is 0.127 e. The van der Waals surface area contributed by atoms with Crippen LogP contribution in [0.25, 0.3) is 0 Å². The van der Waals surface area contributed by atoms with Crippen LogP contribution in [-0.2, 0) is 13.1 Å². The van der Waals surface area contributed by atoms with Crippen molar-refractivity contribution in [3.63, 3.8) is 0 Å². The first kappa shape index (κ1) is 16.3. The third-order valence-corrected chi connectivity index (χ3v) is 2.84. The van der Waals surface area contributed by atoms with E-state index in [1.54, 1.807) is 20.4 Å². The van der Waals surface area contributed by atoms with Crippen molar-refractivity contribution in [2.24, 2.45) is 0 Å². The molecule has 0 saturated carbocycles. The maximum absolute atomic E-state index is 5.35. The van der Waals surface area contributed by atoms with Crippen molar-refractivity contribution in [2.75, 3.05) is 14.2 Å². The highest BCUT2D eigenvalue weighted by atomic mass is 35.5. The Morgan fingerprint density at radius 1 is 1.05 bits per heavy atom. The highest BCUT2D eigenvalue weighted by Crippen LogP contribution is 2.24. The standard InChI is InChI=1S/C15H18N2O2.ClH/c1-18-14-7-6-12(15(9-14)19-2)10-16-11-13-5-3-4-8-17-13;/h3-9,16H,10-11H2,1-2H3;1H. The second kappa shape index (κ2) is 8.40. The highest BCUT2D eigenvalue weighted by molar-refractivity contribution is 5.85. The largest absolute Gasteiger partial charge is 0.497 e. The van der Waals surface area contributed by atoms with Gasteiger partial charge in [0.05, 0.1) is 19.9 Å². The minimum absolute atomic E-state index is 0. The van der Waals surface area contributed by atoms with Gasteiger partial charge in [-0.3, -0.25) is 4.98 Å². The molecule has 0 radical (unpaired) electrons. The fourth-order valence-electron chi connectivity index (χ4n) is 1.83. The number of ether oxygens (including phenoxy) is 2. The molecule has 0 fully saturated rings. The maximum Gasteiger partial charge on any atom is 0.127 e. The van der Waals surface area contributed by atoms with Gasteiger partial charge in [0.2, 0.25) is 0 Å². The van der Waals surface area contributed by atoms with E-state index in [-0.39, 0.29) is 12.4 Å². The number of aromatic nitrogens is 1. The SMILES string of the molecule is COc1ccc(CNCc2ccccn2)c(OC)c1.Cl. The topological polar surface area (TPSA) is 43.4 Å². The fraction of sp³-hybridized carbons (Fsp3) is 0.267. The van der Waals surface area contributed by atoms with Crippen LogP contribution in [0.15, 0.2) is 42.6 Å². The molecule has 0 bridgehead atoms. The third-order valence-electron chi connectivity index (χ3n) is 2.84. The Morgan fingerprint density at radius 2 is 1.90 bits per heavy atom. The summed E-state index contributed by atoms with van der Waals surface area (Å²) in [5, 5.41) is 3.35.